The number of hydrogen-bond donors (Lipinski definition) is 1. The predicted octanol–water partition coefficient (Wildman–Crippen LogP) is 1.51. The number of hydrogen-bond acceptors (Lipinski definition) is 5. The summed E-state index contributed by atoms with van der Waals surface area (Å²) >= 11 is 0. The molecule has 1 N–H and O–H groups in total. The number of pyridine rings is 1. The highest BCUT2D eigenvalue weighted by atomic mass is 16.6. The van der Waals surface area contributed by atoms with Crippen molar-refractivity contribution >= 4 is 11.5 Å². The average molecular weight is 251 g/mol. The molecule has 1 aromatic heterocycles. The first-order valence-corrected chi connectivity index (χ1v) is 6.08. The van der Waals surface area contributed by atoms with E-state index < -0.39 is 4.92 Å². The van der Waals surface area contributed by atoms with Gasteiger partial charge in [-0.15, -0.1) is 0 Å². The van der Waals surface area contributed by atoms with Crippen LogP contribution in [0.2, 0.25) is 0 Å². The lowest BCUT2D eigenvalue weighted by molar-refractivity contribution is -0.384. The van der Waals surface area contributed by atoms with Crippen LogP contribution in [0.25, 0.3) is 0 Å². The van der Waals surface area contributed by atoms with Crippen molar-refractivity contribution in [3.8, 4) is 0 Å². The summed E-state index contributed by atoms with van der Waals surface area (Å²) in [7, 11) is 0. The van der Waals surface area contributed by atoms with E-state index in [2.05, 4.69) is 4.98 Å². The fraction of sp³-hybridized carbons (Fsp3) is 0.583. The first-order chi connectivity index (χ1) is 8.61. The lowest BCUT2D eigenvalue weighted by atomic mass is 9.99. The quantitative estimate of drug-likeness (QED) is 0.650. The van der Waals surface area contributed by atoms with E-state index in [1.54, 1.807) is 19.2 Å². The van der Waals surface area contributed by atoms with Crippen molar-refractivity contribution in [2.45, 2.75) is 19.8 Å². The van der Waals surface area contributed by atoms with Crippen molar-refractivity contribution < 1.29 is 10.0 Å². The number of aliphatic hydroxyl groups is 1. The van der Waals surface area contributed by atoms with E-state index in [-0.39, 0.29) is 18.2 Å². The number of nitrogens with zero attached hydrogens (tertiary/aromatic N) is 3. The molecule has 1 atom stereocenters. The van der Waals surface area contributed by atoms with Gasteiger partial charge in [-0.25, -0.2) is 4.98 Å². The van der Waals surface area contributed by atoms with E-state index >= 15 is 0 Å². The highest BCUT2D eigenvalue weighted by molar-refractivity contribution is 5.58. The highest BCUT2D eigenvalue weighted by Crippen LogP contribution is 2.29. The van der Waals surface area contributed by atoms with Crippen molar-refractivity contribution in [1.29, 1.82) is 0 Å². The number of aromatic nitrogens is 1. The third-order valence-corrected chi connectivity index (χ3v) is 3.26. The van der Waals surface area contributed by atoms with Crippen LogP contribution in [0.5, 0.6) is 0 Å². The van der Waals surface area contributed by atoms with Crippen molar-refractivity contribution in [1.82, 2.24) is 4.98 Å². The molecule has 1 aliphatic rings. The molecule has 0 amide bonds. The molecule has 1 aromatic rings. The van der Waals surface area contributed by atoms with E-state index in [0.29, 0.717) is 12.4 Å². The van der Waals surface area contributed by atoms with E-state index in [1.807, 2.05) is 4.90 Å². The Balaban J connectivity index is 2.29. The summed E-state index contributed by atoms with van der Waals surface area (Å²) < 4.78 is 0. The summed E-state index contributed by atoms with van der Waals surface area (Å²) in [6.45, 7) is 3.30. The summed E-state index contributed by atoms with van der Waals surface area (Å²) in [4.78, 5) is 16.8. The zero-order chi connectivity index (χ0) is 13.1. The number of nitro groups is 1. The second-order valence-corrected chi connectivity index (χ2v) is 4.75. The molecule has 0 bridgehead atoms. The fourth-order valence-corrected chi connectivity index (χ4v) is 2.33. The second kappa shape index (κ2) is 5.30. The molecule has 6 nitrogen and oxygen atoms in total. The number of aryl methyl sites for hydroxylation is 1. The van der Waals surface area contributed by atoms with Crippen LogP contribution in [0.3, 0.4) is 0 Å². The molecule has 0 aliphatic carbocycles. The van der Waals surface area contributed by atoms with Gasteiger partial charge in [0.2, 0.25) is 5.82 Å². The van der Waals surface area contributed by atoms with Gasteiger partial charge < -0.3 is 10.0 Å². The van der Waals surface area contributed by atoms with E-state index in [0.717, 1.165) is 24.9 Å². The van der Waals surface area contributed by atoms with Crippen LogP contribution in [0, 0.1) is 23.0 Å². The van der Waals surface area contributed by atoms with Crippen molar-refractivity contribution in [2.24, 2.45) is 5.92 Å². The molecule has 1 fully saturated rings. The molecule has 1 unspecified atom stereocenters. The first-order valence-electron chi connectivity index (χ1n) is 6.08. The summed E-state index contributed by atoms with van der Waals surface area (Å²) in [6, 6.07) is 1.55. The minimum atomic E-state index is -0.391. The van der Waals surface area contributed by atoms with E-state index in [9.17, 15) is 15.2 Å². The maximum Gasteiger partial charge on any atom is 0.311 e. The molecule has 1 aliphatic heterocycles. The topological polar surface area (TPSA) is 79.5 Å². The lowest BCUT2D eigenvalue weighted by Gasteiger charge is -2.32. The monoisotopic (exact) mass is 251 g/mol. The standard InChI is InChI=1S/C12H17N3O3/c1-9-5-11(15(17)18)12(13-6-9)14-4-2-3-10(7-14)8-16/h5-6,10,16H,2-4,7-8H2,1H3. The van der Waals surface area contributed by atoms with Crippen molar-refractivity contribution in [2.75, 3.05) is 24.6 Å². The van der Waals surface area contributed by atoms with Crippen LogP contribution in [-0.2, 0) is 0 Å². The Hall–Kier alpha value is -1.69. The zero-order valence-electron chi connectivity index (χ0n) is 10.4. The fourth-order valence-electron chi connectivity index (χ4n) is 2.33. The summed E-state index contributed by atoms with van der Waals surface area (Å²) in [6.07, 6.45) is 3.54. The summed E-state index contributed by atoms with van der Waals surface area (Å²) in [5.74, 6) is 0.602. The molecule has 0 saturated carbocycles. The lowest BCUT2D eigenvalue weighted by Crippen LogP contribution is -2.37. The van der Waals surface area contributed by atoms with Gasteiger partial charge in [0.05, 0.1) is 4.92 Å². The van der Waals surface area contributed by atoms with Gasteiger partial charge in [-0.2, -0.15) is 0 Å². The van der Waals surface area contributed by atoms with Gasteiger partial charge in [-0.05, 0) is 31.2 Å². The van der Waals surface area contributed by atoms with Gasteiger partial charge in [0.25, 0.3) is 0 Å². The Morgan fingerprint density at radius 1 is 1.67 bits per heavy atom. The molecular formula is C12H17N3O3. The maximum atomic E-state index is 11.1. The van der Waals surface area contributed by atoms with Gasteiger partial charge in [0, 0.05) is 32.0 Å². The molecule has 18 heavy (non-hydrogen) atoms. The van der Waals surface area contributed by atoms with Gasteiger partial charge >= 0.3 is 5.69 Å². The van der Waals surface area contributed by atoms with Crippen molar-refractivity contribution in [3.63, 3.8) is 0 Å². The van der Waals surface area contributed by atoms with Crippen molar-refractivity contribution in [3.05, 3.63) is 27.9 Å². The van der Waals surface area contributed by atoms with E-state index in [4.69, 9.17) is 0 Å². The van der Waals surface area contributed by atoms with Crippen LogP contribution < -0.4 is 4.90 Å². The minimum absolute atomic E-state index is 0.0496. The Bertz CT molecular complexity index is 450. The van der Waals surface area contributed by atoms with Gasteiger partial charge in [0.15, 0.2) is 0 Å². The largest absolute Gasteiger partial charge is 0.396 e. The van der Waals surface area contributed by atoms with Crippen LogP contribution in [0.1, 0.15) is 18.4 Å². The molecule has 1 saturated heterocycles. The molecule has 2 rings (SSSR count). The van der Waals surface area contributed by atoms with E-state index in [1.165, 1.54) is 0 Å². The van der Waals surface area contributed by atoms with Crippen LogP contribution in [0.4, 0.5) is 11.5 Å². The Labute approximate surface area is 105 Å². The molecule has 2 heterocycles. The number of aliphatic hydroxyl groups excluding tert-OH is 1. The molecule has 6 heteroatoms. The number of rotatable bonds is 3. The third-order valence-electron chi connectivity index (χ3n) is 3.26. The molecule has 0 aromatic carbocycles. The van der Waals surface area contributed by atoms with Crippen LogP contribution >= 0.6 is 0 Å². The third kappa shape index (κ3) is 2.59. The average Bonchev–Trinajstić information content (AvgIpc) is 2.38. The number of anilines is 1. The highest BCUT2D eigenvalue weighted by Gasteiger charge is 2.26. The Morgan fingerprint density at radius 2 is 2.44 bits per heavy atom. The molecule has 98 valence electrons. The van der Waals surface area contributed by atoms with Gasteiger partial charge in [-0.3, -0.25) is 10.1 Å². The van der Waals surface area contributed by atoms with Gasteiger partial charge in [0.1, 0.15) is 0 Å². The van der Waals surface area contributed by atoms with Crippen LogP contribution in [-0.4, -0.2) is 34.7 Å². The smallest absolute Gasteiger partial charge is 0.311 e. The summed E-state index contributed by atoms with van der Waals surface area (Å²) in [5, 5.41) is 20.3. The first kappa shape index (κ1) is 12.8. The zero-order valence-corrected chi connectivity index (χ0v) is 10.4. The van der Waals surface area contributed by atoms with Gasteiger partial charge in [-0.1, -0.05) is 0 Å². The minimum Gasteiger partial charge on any atom is -0.396 e. The second-order valence-electron chi connectivity index (χ2n) is 4.75. The molecular weight excluding hydrogens is 234 g/mol. The molecule has 0 radical (unpaired) electrons. The molecule has 0 spiro atoms. The number of piperidine rings is 1. The SMILES string of the molecule is Cc1cnc(N2CCCC(CO)C2)c([N+](=O)[O-])c1. The van der Waals surface area contributed by atoms with Crippen LogP contribution in [0.15, 0.2) is 12.3 Å². The Kier molecular flexibility index (Phi) is 3.76. The summed E-state index contributed by atoms with van der Waals surface area (Å²) in [5.41, 5.74) is 0.828. The predicted molar refractivity (Wildman–Crippen MR) is 67.7 cm³/mol. The Morgan fingerprint density at radius 3 is 3.11 bits per heavy atom. The maximum absolute atomic E-state index is 11.1. The normalized spacial score (nSPS) is 19.9.